The molecule has 4 heteroatoms. The van der Waals surface area contributed by atoms with Gasteiger partial charge in [0.25, 0.3) is 0 Å². The fraction of sp³-hybridized carbons (Fsp3) is 0. The molecule has 7 aromatic rings. The van der Waals surface area contributed by atoms with Gasteiger partial charge in [-0.3, -0.25) is 0 Å². The largest absolute Gasteiger partial charge is 0.569 e. The molecule has 0 aromatic heterocycles. The molecule has 0 bridgehead atoms. The number of benzene rings is 7. The molecule has 0 unspecified atom stereocenters. The summed E-state index contributed by atoms with van der Waals surface area (Å²) in [6.07, 6.45) is 0. The smallest absolute Gasteiger partial charge is 0.537 e. The van der Waals surface area contributed by atoms with E-state index in [1.54, 1.807) is 0 Å². The molecule has 44 heavy (non-hydrogen) atoms. The van der Waals surface area contributed by atoms with Crippen LogP contribution in [-0.4, -0.2) is 12.7 Å². The van der Waals surface area contributed by atoms with E-state index in [-0.39, 0.29) is 0 Å². The predicted molar refractivity (Wildman–Crippen MR) is 184 cm³/mol. The molecule has 0 saturated heterocycles. The van der Waals surface area contributed by atoms with Gasteiger partial charge in [-0.05, 0) is 87.1 Å². The van der Waals surface area contributed by atoms with E-state index in [0.717, 1.165) is 52.6 Å². The van der Waals surface area contributed by atoms with E-state index in [2.05, 4.69) is 132 Å². The fourth-order valence-electron chi connectivity index (χ4n) is 5.75. The number of fused-ring (bicyclic) bond motifs is 1. The van der Waals surface area contributed by atoms with Crippen LogP contribution in [0.4, 0.5) is 17.1 Å². The highest BCUT2D eigenvalue weighted by Gasteiger charge is 2.19. The van der Waals surface area contributed by atoms with Gasteiger partial charge in [-0.2, -0.15) is 0 Å². The van der Waals surface area contributed by atoms with Gasteiger partial charge in [0.05, 0.1) is 5.69 Å². The molecule has 0 aliphatic carbocycles. The van der Waals surface area contributed by atoms with Crippen molar-refractivity contribution >= 4 is 35.5 Å². The summed E-state index contributed by atoms with van der Waals surface area (Å²) in [4.78, 5) is 2.28. The number of nitrogens with zero attached hydrogens (tertiary/aromatic N) is 1. The Morgan fingerprint density at radius 3 is 1.80 bits per heavy atom. The predicted octanol–water partition coefficient (Wildman–Crippen LogP) is 10.2. The van der Waals surface area contributed by atoms with Crippen LogP contribution in [0.5, 0.6) is 5.75 Å². The third-order valence-electron chi connectivity index (χ3n) is 7.90. The summed E-state index contributed by atoms with van der Waals surface area (Å²) in [5, 5.41) is 11.8. The topological polar surface area (TPSA) is 32.7 Å². The van der Waals surface area contributed by atoms with Crippen LogP contribution in [0.15, 0.2) is 170 Å². The number of hydrogen-bond donors (Lipinski definition) is 1. The monoisotopic (exact) mass is 566 g/mol. The number of hydrogen-bond acceptors (Lipinski definition) is 3. The van der Waals surface area contributed by atoms with Crippen LogP contribution >= 0.6 is 0 Å². The SMILES string of the molecule is O[B]Oc1ccc(N(c2ccc(-c3ccc4ccccc4c3)cc2)c2cccc(-c3ccccc3)c2)c(-c2ccccc2)c1. The second-order valence-corrected chi connectivity index (χ2v) is 10.6. The van der Waals surface area contributed by atoms with Crippen LogP contribution in [0.1, 0.15) is 0 Å². The van der Waals surface area contributed by atoms with Gasteiger partial charge in [-0.1, -0.05) is 121 Å². The Hall–Kier alpha value is -5.58. The lowest BCUT2D eigenvalue weighted by atomic mass is 9.99. The van der Waals surface area contributed by atoms with Crippen molar-refractivity contribution in [3.05, 3.63) is 170 Å². The van der Waals surface area contributed by atoms with Gasteiger partial charge in [-0.25, -0.2) is 0 Å². The molecule has 0 spiro atoms. The van der Waals surface area contributed by atoms with Gasteiger partial charge >= 0.3 is 7.69 Å². The van der Waals surface area contributed by atoms with E-state index in [9.17, 15) is 5.02 Å². The molecular weight excluding hydrogens is 537 g/mol. The Labute approximate surface area is 258 Å². The summed E-state index contributed by atoms with van der Waals surface area (Å²) < 4.78 is 5.40. The molecule has 1 N–H and O–H groups in total. The minimum absolute atomic E-state index is 0.555. The Kier molecular flexibility index (Phi) is 7.65. The van der Waals surface area contributed by atoms with Crippen molar-refractivity contribution in [1.82, 2.24) is 0 Å². The number of rotatable bonds is 8. The Morgan fingerprint density at radius 1 is 0.432 bits per heavy atom. The van der Waals surface area contributed by atoms with Crippen molar-refractivity contribution in [1.29, 1.82) is 0 Å². The molecule has 0 amide bonds. The highest BCUT2D eigenvalue weighted by Crippen LogP contribution is 2.43. The van der Waals surface area contributed by atoms with Gasteiger partial charge in [-0.15, -0.1) is 0 Å². The van der Waals surface area contributed by atoms with Gasteiger partial charge < -0.3 is 14.6 Å². The van der Waals surface area contributed by atoms with Crippen LogP contribution in [0.2, 0.25) is 0 Å². The van der Waals surface area contributed by atoms with E-state index < -0.39 is 0 Å². The van der Waals surface area contributed by atoms with Crippen LogP contribution < -0.4 is 9.55 Å². The van der Waals surface area contributed by atoms with Crippen LogP contribution in [-0.2, 0) is 0 Å². The number of anilines is 3. The first-order chi connectivity index (χ1) is 21.8. The standard InChI is InChI=1S/C40H29BNO2/c43-41-44-38-24-25-40(39(28-38)32-13-5-2-6-14-32)42(37-17-9-16-34(27-37)29-10-3-1-4-11-29)36-22-20-31(21-23-36)35-19-18-30-12-7-8-15-33(30)26-35/h1-28,43H. The van der Waals surface area contributed by atoms with Crippen molar-refractivity contribution in [2.75, 3.05) is 4.90 Å². The normalized spacial score (nSPS) is 10.8. The maximum absolute atomic E-state index is 9.38. The molecule has 0 atom stereocenters. The first kappa shape index (κ1) is 27.3. The molecule has 0 aliphatic heterocycles. The van der Waals surface area contributed by atoms with Gasteiger partial charge in [0.2, 0.25) is 0 Å². The average Bonchev–Trinajstić information content (AvgIpc) is 3.10. The summed E-state index contributed by atoms with van der Waals surface area (Å²) in [7, 11) is 0.719. The summed E-state index contributed by atoms with van der Waals surface area (Å²) in [5.41, 5.74) is 9.71. The first-order valence-electron chi connectivity index (χ1n) is 14.6. The second-order valence-electron chi connectivity index (χ2n) is 10.6. The average molecular weight is 566 g/mol. The summed E-state index contributed by atoms with van der Waals surface area (Å²) in [6, 6.07) is 59.0. The molecule has 209 valence electrons. The lowest BCUT2D eigenvalue weighted by Gasteiger charge is -2.29. The molecular formula is C40H29BNO2. The molecule has 0 aliphatic rings. The minimum Gasteiger partial charge on any atom is -0.537 e. The van der Waals surface area contributed by atoms with Gasteiger partial charge in [0, 0.05) is 16.9 Å². The first-order valence-corrected chi connectivity index (χ1v) is 14.6. The molecule has 0 fully saturated rings. The van der Waals surface area contributed by atoms with Crippen molar-refractivity contribution in [2.45, 2.75) is 0 Å². The quantitative estimate of drug-likeness (QED) is 0.186. The van der Waals surface area contributed by atoms with Crippen molar-refractivity contribution < 1.29 is 9.68 Å². The zero-order chi connectivity index (χ0) is 29.7. The van der Waals surface area contributed by atoms with Gasteiger partial charge in [0.15, 0.2) is 0 Å². The summed E-state index contributed by atoms with van der Waals surface area (Å²) >= 11 is 0. The van der Waals surface area contributed by atoms with E-state index in [0.29, 0.717) is 5.75 Å². The molecule has 7 rings (SSSR count). The Balaban J connectivity index is 1.38. The summed E-state index contributed by atoms with van der Waals surface area (Å²) in [5.74, 6) is 0.555. The van der Waals surface area contributed by atoms with Gasteiger partial charge in [0.1, 0.15) is 5.75 Å². The molecule has 1 radical (unpaired) electrons. The zero-order valence-electron chi connectivity index (χ0n) is 24.0. The maximum atomic E-state index is 9.38. The van der Waals surface area contributed by atoms with E-state index in [1.165, 1.54) is 16.3 Å². The van der Waals surface area contributed by atoms with Crippen LogP contribution in [0, 0.1) is 0 Å². The second kappa shape index (κ2) is 12.3. The third-order valence-corrected chi connectivity index (χ3v) is 7.90. The molecule has 7 aromatic carbocycles. The van der Waals surface area contributed by atoms with Crippen molar-refractivity contribution in [3.63, 3.8) is 0 Å². The van der Waals surface area contributed by atoms with Crippen LogP contribution in [0.3, 0.4) is 0 Å². The van der Waals surface area contributed by atoms with Crippen molar-refractivity contribution in [2.24, 2.45) is 0 Å². The fourth-order valence-corrected chi connectivity index (χ4v) is 5.75. The molecule has 0 heterocycles. The third kappa shape index (κ3) is 5.59. The highest BCUT2D eigenvalue weighted by atomic mass is 16.5. The summed E-state index contributed by atoms with van der Waals surface area (Å²) in [6.45, 7) is 0. The minimum atomic E-state index is 0.555. The Bertz CT molecular complexity index is 2030. The highest BCUT2D eigenvalue weighted by molar-refractivity contribution is 6.17. The maximum Gasteiger partial charge on any atom is 0.569 e. The molecule has 3 nitrogen and oxygen atoms in total. The van der Waals surface area contributed by atoms with E-state index >= 15 is 0 Å². The van der Waals surface area contributed by atoms with E-state index in [1.807, 2.05) is 42.5 Å². The molecule has 0 saturated carbocycles. The van der Waals surface area contributed by atoms with Crippen molar-refractivity contribution in [3.8, 4) is 39.1 Å². The Morgan fingerprint density at radius 2 is 1.05 bits per heavy atom. The van der Waals surface area contributed by atoms with E-state index in [4.69, 9.17) is 4.65 Å². The lowest BCUT2D eigenvalue weighted by molar-refractivity contribution is 0.454. The van der Waals surface area contributed by atoms with Crippen LogP contribution in [0.25, 0.3) is 44.2 Å². The zero-order valence-corrected chi connectivity index (χ0v) is 24.0. The lowest BCUT2D eigenvalue weighted by Crippen LogP contribution is -2.12.